The maximum atomic E-state index is 11.6. The molecule has 0 aliphatic heterocycles. The largest absolute Gasteiger partial charge is 0.481 e. The molecule has 0 aliphatic rings. The zero-order valence-corrected chi connectivity index (χ0v) is 11.9. The predicted molar refractivity (Wildman–Crippen MR) is 75.8 cm³/mol. The van der Waals surface area contributed by atoms with Crippen LogP contribution in [-0.4, -0.2) is 36.0 Å². The van der Waals surface area contributed by atoms with Gasteiger partial charge in [-0.2, -0.15) is 0 Å². The normalized spacial score (nSPS) is 10.0. The smallest absolute Gasteiger partial charge is 0.303 e. The minimum absolute atomic E-state index is 0.0527. The molecule has 0 aliphatic carbocycles. The number of hydrogen-bond acceptors (Lipinski definition) is 4. The molecular formula is C13H18N2O4S. The second-order valence-corrected chi connectivity index (χ2v) is 5.13. The number of hydrogen-bond donors (Lipinski definition) is 3. The fourth-order valence-electron chi connectivity index (χ4n) is 1.50. The third-order valence-corrected chi connectivity index (χ3v) is 3.37. The summed E-state index contributed by atoms with van der Waals surface area (Å²) in [6, 6.07) is 3.55. The van der Waals surface area contributed by atoms with E-state index in [1.807, 2.05) is 11.4 Å². The molecule has 1 aromatic rings. The molecule has 0 radical (unpaired) electrons. The fourth-order valence-corrected chi connectivity index (χ4v) is 2.14. The monoisotopic (exact) mass is 298 g/mol. The standard InChI is InChI=1S/C13H18N2O4S/c16-11(14-7-2-6-12(17)18)5-1-8-15-13(19)10-4-3-9-20-10/h3-4,9H,1-2,5-8H2,(H,14,16)(H,15,19)(H,17,18). The van der Waals surface area contributed by atoms with Gasteiger partial charge in [0.15, 0.2) is 0 Å². The Morgan fingerprint density at radius 1 is 1.10 bits per heavy atom. The molecule has 0 saturated heterocycles. The van der Waals surface area contributed by atoms with Gasteiger partial charge in [-0.05, 0) is 24.3 Å². The van der Waals surface area contributed by atoms with Gasteiger partial charge in [-0.3, -0.25) is 14.4 Å². The van der Waals surface area contributed by atoms with Gasteiger partial charge in [0.1, 0.15) is 0 Å². The first-order chi connectivity index (χ1) is 9.59. The molecule has 0 saturated carbocycles. The number of rotatable bonds is 9. The van der Waals surface area contributed by atoms with Crippen LogP contribution in [0.1, 0.15) is 35.4 Å². The quantitative estimate of drug-likeness (QED) is 0.598. The van der Waals surface area contributed by atoms with Crippen molar-refractivity contribution in [2.75, 3.05) is 13.1 Å². The Labute approximate surface area is 121 Å². The van der Waals surface area contributed by atoms with Crippen LogP contribution >= 0.6 is 11.3 Å². The van der Waals surface area contributed by atoms with Gasteiger partial charge < -0.3 is 15.7 Å². The van der Waals surface area contributed by atoms with Gasteiger partial charge in [-0.25, -0.2) is 0 Å². The number of carbonyl (C=O) groups is 3. The minimum atomic E-state index is -0.865. The molecule has 3 N–H and O–H groups in total. The lowest BCUT2D eigenvalue weighted by Gasteiger charge is -2.05. The Hall–Kier alpha value is -1.89. The summed E-state index contributed by atoms with van der Waals surface area (Å²) in [6.07, 6.45) is 1.35. The summed E-state index contributed by atoms with van der Waals surface area (Å²) in [5, 5.41) is 15.6. The van der Waals surface area contributed by atoms with Crippen LogP contribution in [0.5, 0.6) is 0 Å². The maximum absolute atomic E-state index is 11.6. The highest BCUT2D eigenvalue weighted by atomic mass is 32.1. The van der Waals surface area contributed by atoms with Crippen molar-refractivity contribution >= 4 is 29.1 Å². The maximum Gasteiger partial charge on any atom is 0.303 e. The summed E-state index contributed by atoms with van der Waals surface area (Å²) in [7, 11) is 0. The van der Waals surface area contributed by atoms with E-state index < -0.39 is 5.97 Å². The molecule has 1 heterocycles. The highest BCUT2D eigenvalue weighted by Crippen LogP contribution is 2.07. The molecule has 0 bridgehead atoms. The molecule has 0 atom stereocenters. The zero-order chi connectivity index (χ0) is 14.8. The number of amides is 2. The summed E-state index contributed by atoms with van der Waals surface area (Å²) < 4.78 is 0. The van der Waals surface area contributed by atoms with Crippen LogP contribution in [0.25, 0.3) is 0 Å². The van der Waals surface area contributed by atoms with E-state index in [9.17, 15) is 14.4 Å². The van der Waals surface area contributed by atoms with Gasteiger partial charge in [0.25, 0.3) is 5.91 Å². The SMILES string of the molecule is O=C(O)CCCNC(=O)CCCNC(=O)c1cccs1. The molecule has 1 rings (SSSR count). The molecular weight excluding hydrogens is 280 g/mol. The molecule has 6 nitrogen and oxygen atoms in total. The van der Waals surface area contributed by atoms with E-state index >= 15 is 0 Å². The van der Waals surface area contributed by atoms with Gasteiger partial charge in [0.2, 0.25) is 5.91 Å². The van der Waals surface area contributed by atoms with Crippen molar-refractivity contribution in [3.8, 4) is 0 Å². The number of nitrogens with one attached hydrogen (secondary N) is 2. The lowest BCUT2D eigenvalue weighted by atomic mass is 10.2. The van der Waals surface area contributed by atoms with Gasteiger partial charge in [0.05, 0.1) is 4.88 Å². The van der Waals surface area contributed by atoms with Crippen LogP contribution in [0.4, 0.5) is 0 Å². The highest BCUT2D eigenvalue weighted by molar-refractivity contribution is 7.12. The van der Waals surface area contributed by atoms with E-state index in [2.05, 4.69) is 10.6 Å². The van der Waals surface area contributed by atoms with Crippen molar-refractivity contribution in [2.24, 2.45) is 0 Å². The first-order valence-electron chi connectivity index (χ1n) is 6.40. The number of thiophene rings is 1. The van der Waals surface area contributed by atoms with E-state index in [0.717, 1.165) is 0 Å². The van der Waals surface area contributed by atoms with Crippen LogP contribution < -0.4 is 10.6 Å². The number of carbonyl (C=O) groups excluding carboxylic acids is 2. The Kier molecular flexibility index (Phi) is 7.34. The molecule has 110 valence electrons. The van der Waals surface area contributed by atoms with Crippen LogP contribution in [-0.2, 0) is 9.59 Å². The van der Waals surface area contributed by atoms with Crippen molar-refractivity contribution in [2.45, 2.75) is 25.7 Å². The summed E-state index contributed by atoms with van der Waals surface area (Å²) >= 11 is 1.37. The molecule has 0 spiro atoms. The molecule has 20 heavy (non-hydrogen) atoms. The molecule has 0 unspecified atom stereocenters. The second-order valence-electron chi connectivity index (χ2n) is 4.18. The summed E-state index contributed by atoms with van der Waals surface area (Å²) in [5.41, 5.74) is 0. The van der Waals surface area contributed by atoms with Crippen molar-refractivity contribution in [1.82, 2.24) is 10.6 Å². The number of carboxylic acids is 1. The summed E-state index contributed by atoms with van der Waals surface area (Å²) in [6.45, 7) is 0.811. The highest BCUT2D eigenvalue weighted by Gasteiger charge is 2.06. The minimum Gasteiger partial charge on any atom is -0.481 e. The van der Waals surface area contributed by atoms with E-state index in [4.69, 9.17) is 5.11 Å². The number of carboxylic acid groups (broad SMARTS) is 1. The molecule has 7 heteroatoms. The Bertz CT molecular complexity index is 445. The van der Waals surface area contributed by atoms with E-state index in [0.29, 0.717) is 37.2 Å². The topological polar surface area (TPSA) is 95.5 Å². The van der Waals surface area contributed by atoms with Crippen LogP contribution in [0.15, 0.2) is 17.5 Å². The Morgan fingerprint density at radius 2 is 1.80 bits per heavy atom. The Balaban J connectivity index is 2.02. The van der Waals surface area contributed by atoms with E-state index in [1.54, 1.807) is 6.07 Å². The van der Waals surface area contributed by atoms with E-state index in [1.165, 1.54) is 11.3 Å². The average Bonchev–Trinajstić information content (AvgIpc) is 2.93. The van der Waals surface area contributed by atoms with Crippen molar-refractivity contribution < 1.29 is 19.5 Å². The predicted octanol–water partition coefficient (Wildman–Crippen LogP) is 1.24. The lowest BCUT2D eigenvalue weighted by molar-refractivity contribution is -0.137. The van der Waals surface area contributed by atoms with Gasteiger partial charge in [-0.1, -0.05) is 6.07 Å². The van der Waals surface area contributed by atoms with Crippen molar-refractivity contribution in [3.63, 3.8) is 0 Å². The van der Waals surface area contributed by atoms with Crippen LogP contribution in [0, 0.1) is 0 Å². The lowest BCUT2D eigenvalue weighted by Crippen LogP contribution is -2.27. The molecule has 0 aromatic carbocycles. The van der Waals surface area contributed by atoms with Crippen molar-refractivity contribution in [3.05, 3.63) is 22.4 Å². The van der Waals surface area contributed by atoms with E-state index in [-0.39, 0.29) is 18.2 Å². The van der Waals surface area contributed by atoms with Crippen molar-refractivity contribution in [1.29, 1.82) is 0 Å². The zero-order valence-electron chi connectivity index (χ0n) is 11.1. The number of aliphatic carboxylic acids is 1. The average molecular weight is 298 g/mol. The van der Waals surface area contributed by atoms with Crippen LogP contribution in [0.2, 0.25) is 0 Å². The molecule has 0 fully saturated rings. The van der Waals surface area contributed by atoms with Gasteiger partial charge in [-0.15, -0.1) is 11.3 Å². The third-order valence-electron chi connectivity index (χ3n) is 2.50. The van der Waals surface area contributed by atoms with Crippen LogP contribution in [0.3, 0.4) is 0 Å². The summed E-state index contributed by atoms with van der Waals surface area (Å²) in [5.74, 6) is -1.11. The Morgan fingerprint density at radius 3 is 2.45 bits per heavy atom. The van der Waals surface area contributed by atoms with Gasteiger partial charge in [0, 0.05) is 25.9 Å². The third kappa shape index (κ3) is 6.89. The molecule has 2 amide bonds. The second kappa shape index (κ2) is 9.08. The molecule has 1 aromatic heterocycles. The summed E-state index contributed by atoms with van der Waals surface area (Å²) in [4.78, 5) is 33.9. The fraction of sp³-hybridized carbons (Fsp3) is 0.462. The first kappa shape index (κ1) is 16.2. The van der Waals surface area contributed by atoms with Gasteiger partial charge >= 0.3 is 5.97 Å². The first-order valence-corrected chi connectivity index (χ1v) is 7.28.